The second kappa shape index (κ2) is 3.03. The fourth-order valence-corrected chi connectivity index (χ4v) is 1.22. The van der Waals surface area contributed by atoms with Crippen LogP contribution < -0.4 is 4.84 Å². The summed E-state index contributed by atoms with van der Waals surface area (Å²) in [5.74, 6) is 0. The molecule has 2 aromatic rings. The van der Waals surface area contributed by atoms with E-state index in [0.717, 1.165) is 10.9 Å². The Morgan fingerprint density at radius 1 is 1.50 bits per heavy atom. The second-order valence-electron chi connectivity index (χ2n) is 2.31. The number of alkyl halides is 1. The molecule has 2 aromatic heterocycles. The van der Waals surface area contributed by atoms with E-state index in [-0.39, 0.29) is 6.07 Å². The Morgan fingerprint density at radius 3 is 3.25 bits per heavy atom. The van der Waals surface area contributed by atoms with Gasteiger partial charge in [-0.2, -0.15) is 4.73 Å². The van der Waals surface area contributed by atoms with Gasteiger partial charge in [-0.3, -0.25) is 4.98 Å². The van der Waals surface area contributed by atoms with Gasteiger partial charge in [-0.1, -0.05) is 11.6 Å². The maximum atomic E-state index is 5.43. The van der Waals surface area contributed by atoms with Gasteiger partial charge in [0.25, 0.3) is 0 Å². The van der Waals surface area contributed by atoms with Gasteiger partial charge >= 0.3 is 0 Å². The molecule has 0 N–H and O–H groups in total. The average Bonchev–Trinajstić information content (AvgIpc) is 2.50. The molecule has 0 bridgehead atoms. The summed E-state index contributed by atoms with van der Waals surface area (Å²) >= 11 is 5.43. The molecule has 0 unspecified atom stereocenters. The number of aromatic nitrogens is 2. The van der Waals surface area contributed by atoms with Crippen LogP contribution in [0.25, 0.3) is 10.9 Å². The third-order valence-electron chi connectivity index (χ3n) is 1.65. The zero-order valence-electron chi connectivity index (χ0n) is 6.27. The highest BCUT2D eigenvalue weighted by molar-refractivity contribution is 6.17. The largest absolute Gasteiger partial charge is 0.398 e. The molecule has 62 valence electrons. The van der Waals surface area contributed by atoms with E-state index in [1.165, 1.54) is 0 Å². The first-order chi connectivity index (χ1) is 5.92. The summed E-state index contributed by atoms with van der Waals surface area (Å²) in [7, 11) is 0. The quantitative estimate of drug-likeness (QED) is 0.661. The molecule has 0 aliphatic carbocycles. The van der Waals surface area contributed by atoms with E-state index < -0.39 is 0 Å². The Bertz CT molecular complexity index is 385. The van der Waals surface area contributed by atoms with E-state index in [9.17, 15) is 0 Å². The molecule has 0 saturated carbocycles. The van der Waals surface area contributed by atoms with Gasteiger partial charge in [0.2, 0.25) is 0 Å². The molecule has 4 heteroatoms. The van der Waals surface area contributed by atoms with Crippen LogP contribution in [0.1, 0.15) is 0 Å². The predicted octanol–water partition coefficient (Wildman–Crippen LogP) is 1.66. The highest BCUT2D eigenvalue weighted by atomic mass is 35.5. The van der Waals surface area contributed by atoms with E-state index in [4.69, 9.17) is 16.4 Å². The number of nitrogens with zero attached hydrogens (tertiary/aromatic N) is 2. The molecule has 2 heterocycles. The van der Waals surface area contributed by atoms with Gasteiger partial charge in [0.05, 0.1) is 6.20 Å². The van der Waals surface area contributed by atoms with Crippen molar-refractivity contribution in [1.82, 2.24) is 9.71 Å². The number of fused-ring (bicyclic) bond motifs is 1. The van der Waals surface area contributed by atoms with Gasteiger partial charge in [-0.15, -0.1) is 0 Å². The Balaban J connectivity index is 2.55. The Morgan fingerprint density at radius 2 is 2.42 bits per heavy atom. The summed E-state index contributed by atoms with van der Waals surface area (Å²) < 4.78 is 1.61. The van der Waals surface area contributed by atoms with Crippen LogP contribution in [0.15, 0.2) is 30.7 Å². The van der Waals surface area contributed by atoms with Crippen molar-refractivity contribution < 1.29 is 4.84 Å². The van der Waals surface area contributed by atoms with Crippen molar-refractivity contribution in [2.75, 3.05) is 6.07 Å². The third kappa shape index (κ3) is 1.12. The number of hydrogen-bond acceptors (Lipinski definition) is 2. The lowest BCUT2D eigenvalue weighted by Crippen LogP contribution is -2.07. The standard InChI is InChI=1S/C8H7ClN2O/c9-6-12-11-4-2-7-1-3-10-5-8(7)11/h1-5H,6H2. The van der Waals surface area contributed by atoms with Crippen molar-refractivity contribution in [1.29, 1.82) is 0 Å². The molecule has 2 rings (SSSR count). The molecule has 0 aliphatic heterocycles. The Hall–Kier alpha value is -1.22. The molecule has 0 atom stereocenters. The van der Waals surface area contributed by atoms with Crippen molar-refractivity contribution in [2.45, 2.75) is 0 Å². The van der Waals surface area contributed by atoms with Crippen molar-refractivity contribution in [2.24, 2.45) is 0 Å². The maximum absolute atomic E-state index is 5.43. The lowest BCUT2D eigenvalue weighted by molar-refractivity contribution is 0.161. The summed E-state index contributed by atoms with van der Waals surface area (Å²) in [4.78, 5) is 9.09. The van der Waals surface area contributed by atoms with Crippen molar-refractivity contribution in [3.63, 3.8) is 0 Å². The predicted molar refractivity (Wildman–Crippen MR) is 47.0 cm³/mol. The molecular weight excluding hydrogens is 176 g/mol. The third-order valence-corrected chi connectivity index (χ3v) is 1.75. The van der Waals surface area contributed by atoms with Gasteiger partial charge in [-0.05, 0) is 12.1 Å². The van der Waals surface area contributed by atoms with Crippen molar-refractivity contribution >= 4 is 22.5 Å². The summed E-state index contributed by atoms with van der Waals surface area (Å²) in [6.07, 6.45) is 5.30. The van der Waals surface area contributed by atoms with Gasteiger partial charge in [0.15, 0.2) is 6.07 Å². The summed E-state index contributed by atoms with van der Waals surface area (Å²) in [5, 5.41) is 1.09. The number of pyridine rings is 1. The molecular formula is C8H7ClN2O. The first-order valence-corrected chi connectivity index (χ1v) is 4.05. The molecule has 0 spiro atoms. The molecule has 0 amide bonds. The first-order valence-electron chi connectivity index (χ1n) is 3.52. The molecule has 0 aromatic carbocycles. The number of halogens is 1. The van der Waals surface area contributed by atoms with Crippen LogP contribution in [-0.2, 0) is 0 Å². The van der Waals surface area contributed by atoms with E-state index in [1.54, 1.807) is 17.1 Å². The average molecular weight is 183 g/mol. The molecule has 0 saturated heterocycles. The SMILES string of the molecule is ClCOn1ccc2ccncc21. The van der Waals surface area contributed by atoms with E-state index in [0.29, 0.717) is 0 Å². The highest BCUT2D eigenvalue weighted by Gasteiger charge is 1.98. The zero-order valence-corrected chi connectivity index (χ0v) is 7.03. The fourth-order valence-electron chi connectivity index (χ4n) is 1.12. The minimum atomic E-state index is 0.138. The van der Waals surface area contributed by atoms with Crippen LogP contribution >= 0.6 is 11.6 Å². The van der Waals surface area contributed by atoms with Crippen LogP contribution in [0.2, 0.25) is 0 Å². The molecule has 0 radical (unpaired) electrons. The summed E-state index contributed by atoms with van der Waals surface area (Å²) in [6.45, 7) is 0. The van der Waals surface area contributed by atoms with Crippen LogP contribution in [0.5, 0.6) is 0 Å². The molecule has 0 aliphatic rings. The Labute approximate surface area is 74.5 Å². The van der Waals surface area contributed by atoms with Gasteiger partial charge in [0.1, 0.15) is 5.52 Å². The number of hydrogen-bond donors (Lipinski definition) is 0. The lowest BCUT2D eigenvalue weighted by atomic mass is 10.3. The van der Waals surface area contributed by atoms with Gasteiger partial charge in [0, 0.05) is 17.8 Å². The Kier molecular flexibility index (Phi) is 1.87. The molecule has 0 fully saturated rings. The summed E-state index contributed by atoms with van der Waals surface area (Å²) in [5.41, 5.74) is 0.929. The minimum absolute atomic E-state index is 0.138. The number of rotatable bonds is 2. The van der Waals surface area contributed by atoms with E-state index in [1.807, 2.05) is 18.3 Å². The van der Waals surface area contributed by atoms with E-state index in [2.05, 4.69) is 4.98 Å². The fraction of sp³-hybridized carbons (Fsp3) is 0.125. The van der Waals surface area contributed by atoms with Gasteiger partial charge < -0.3 is 4.84 Å². The smallest absolute Gasteiger partial charge is 0.188 e. The zero-order chi connectivity index (χ0) is 8.39. The van der Waals surface area contributed by atoms with Crippen molar-refractivity contribution in [3.05, 3.63) is 30.7 Å². The lowest BCUT2D eigenvalue weighted by Gasteiger charge is -2.02. The normalized spacial score (nSPS) is 10.4. The maximum Gasteiger partial charge on any atom is 0.188 e. The van der Waals surface area contributed by atoms with Crippen molar-refractivity contribution in [3.8, 4) is 0 Å². The van der Waals surface area contributed by atoms with Crippen LogP contribution in [0, 0.1) is 0 Å². The topological polar surface area (TPSA) is 27.1 Å². The molecule has 3 nitrogen and oxygen atoms in total. The summed E-state index contributed by atoms with van der Waals surface area (Å²) in [6, 6.07) is 4.01. The van der Waals surface area contributed by atoms with Crippen LogP contribution in [-0.4, -0.2) is 15.8 Å². The minimum Gasteiger partial charge on any atom is -0.398 e. The second-order valence-corrected chi connectivity index (χ2v) is 2.53. The highest BCUT2D eigenvalue weighted by Crippen LogP contribution is 2.11. The first kappa shape index (κ1) is 7.43. The monoisotopic (exact) mass is 182 g/mol. The van der Waals surface area contributed by atoms with Gasteiger partial charge in [-0.25, -0.2) is 0 Å². The van der Waals surface area contributed by atoms with Crippen LogP contribution in [0.3, 0.4) is 0 Å². The van der Waals surface area contributed by atoms with Crippen LogP contribution in [0.4, 0.5) is 0 Å². The van der Waals surface area contributed by atoms with E-state index >= 15 is 0 Å². The molecule has 12 heavy (non-hydrogen) atoms.